The summed E-state index contributed by atoms with van der Waals surface area (Å²) in [6.45, 7) is 0. The van der Waals surface area contributed by atoms with Gasteiger partial charge >= 0.3 is 0 Å². The van der Waals surface area contributed by atoms with Crippen molar-refractivity contribution in [1.29, 1.82) is 0 Å². The highest BCUT2D eigenvalue weighted by molar-refractivity contribution is 5.97. The summed E-state index contributed by atoms with van der Waals surface area (Å²) >= 11 is 0. The molecule has 0 N–H and O–H groups in total. The van der Waals surface area contributed by atoms with Crippen molar-refractivity contribution >= 4 is 27.8 Å². The molecule has 56 heavy (non-hydrogen) atoms. The molecule has 0 saturated heterocycles. The van der Waals surface area contributed by atoms with Gasteiger partial charge in [0.25, 0.3) is 0 Å². The summed E-state index contributed by atoms with van der Waals surface area (Å²) in [6.07, 6.45) is 12.2. The molecule has 5 fully saturated rings. The van der Waals surface area contributed by atoms with Crippen LogP contribution in [0.5, 0.6) is 0 Å². The van der Waals surface area contributed by atoms with Crippen molar-refractivity contribution in [3.05, 3.63) is 174 Å². The third kappa shape index (κ3) is 4.16. The topological polar surface area (TPSA) is 3.24 Å². The Morgan fingerprint density at radius 1 is 0.411 bits per heavy atom. The Morgan fingerprint density at radius 3 is 1.68 bits per heavy atom. The molecule has 272 valence electrons. The largest absolute Gasteiger partial charge is 0.310 e. The highest BCUT2D eigenvalue weighted by atomic mass is 15.1. The van der Waals surface area contributed by atoms with Crippen molar-refractivity contribution in [3.63, 3.8) is 0 Å². The third-order valence-corrected chi connectivity index (χ3v) is 16.0. The lowest BCUT2D eigenvalue weighted by atomic mass is 9.43. The number of nitrogens with zero attached hydrogens (tertiary/aromatic N) is 1. The maximum absolute atomic E-state index is 2.67. The van der Waals surface area contributed by atoms with Gasteiger partial charge < -0.3 is 4.90 Å². The second-order valence-corrected chi connectivity index (χ2v) is 18.4. The van der Waals surface area contributed by atoms with Gasteiger partial charge in [0.1, 0.15) is 0 Å². The minimum atomic E-state index is 0.121. The van der Waals surface area contributed by atoms with Crippen LogP contribution in [0.4, 0.5) is 17.1 Å². The third-order valence-electron chi connectivity index (χ3n) is 16.0. The van der Waals surface area contributed by atoms with Gasteiger partial charge in [-0.05, 0) is 171 Å². The normalized spacial score (nSPS) is 25.4. The molecule has 7 aliphatic rings. The van der Waals surface area contributed by atoms with E-state index in [1.165, 1.54) is 125 Å². The van der Waals surface area contributed by atoms with E-state index in [9.17, 15) is 0 Å². The summed E-state index contributed by atoms with van der Waals surface area (Å²) in [7, 11) is 0. The maximum Gasteiger partial charge on any atom is 0.0465 e. The van der Waals surface area contributed by atoms with E-state index < -0.39 is 0 Å². The fourth-order valence-corrected chi connectivity index (χ4v) is 14.1. The molecular weight excluding hydrogens is 675 g/mol. The smallest absolute Gasteiger partial charge is 0.0465 e. The zero-order chi connectivity index (χ0) is 36.6. The maximum atomic E-state index is 2.67. The van der Waals surface area contributed by atoms with Crippen molar-refractivity contribution in [2.45, 2.75) is 68.6 Å². The van der Waals surface area contributed by atoms with E-state index in [0.717, 1.165) is 23.7 Å². The molecule has 1 nitrogen and oxygen atoms in total. The summed E-state index contributed by atoms with van der Waals surface area (Å²) in [5.74, 6) is 3.34. The Hall–Kier alpha value is -5.40. The number of hydrogen-bond acceptors (Lipinski definition) is 1. The van der Waals surface area contributed by atoms with Crippen LogP contribution in [0.3, 0.4) is 0 Å². The predicted octanol–water partition coefficient (Wildman–Crippen LogP) is 14.5. The Bertz CT molecular complexity index is 2690. The van der Waals surface area contributed by atoms with Gasteiger partial charge in [-0.25, -0.2) is 0 Å². The zero-order valence-corrected chi connectivity index (χ0v) is 32.1. The van der Waals surface area contributed by atoms with Crippen LogP contribution in [0, 0.1) is 23.7 Å². The van der Waals surface area contributed by atoms with E-state index in [0.29, 0.717) is 0 Å². The van der Waals surface area contributed by atoms with Crippen molar-refractivity contribution in [3.8, 4) is 33.4 Å². The van der Waals surface area contributed by atoms with E-state index in [1.807, 2.05) is 0 Å². The summed E-state index contributed by atoms with van der Waals surface area (Å²) in [6, 6.07) is 58.9. The lowest BCUT2D eigenvalue weighted by Gasteiger charge is -2.61. The molecular formula is C55H47N. The van der Waals surface area contributed by atoms with Gasteiger partial charge in [0, 0.05) is 27.9 Å². The van der Waals surface area contributed by atoms with Crippen LogP contribution in [0.25, 0.3) is 44.2 Å². The van der Waals surface area contributed by atoms with E-state index in [-0.39, 0.29) is 10.8 Å². The molecule has 0 aromatic heterocycles. The summed E-state index contributed by atoms with van der Waals surface area (Å²) in [5, 5.41) is 2.59. The predicted molar refractivity (Wildman–Crippen MR) is 232 cm³/mol. The molecule has 4 bridgehead atoms. The SMILES string of the molecule is c1ccc2c(c1)-c1ccc(N(c3ccc(-c4cccc5ccccc45)cc3)c3ccc4c(c3)C3(c5ccccc5-4)C4CC5CC(C4)CC3C5)cc1C21CCCC1. The zero-order valence-electron chi connectivity index (χ0n) is 32.1. The Balaban J connectivity index is 1.01. The first kappa shape index (κ1) is 31.8. The minimum absolute atomic E-state index is 0.121. The fraction of sp³-hybridized carbons (Fsp3) is 0.273. The molecule has 5 saturated carbocycles. The molecule has 7 aromatic rings. The molecule has 0 aliphatic heterocycles. The Labute approximate surface area is 331 Å². The molecule has 14 rings (SSSR count). The molecule has 0 radical (unpaired) electrons. The van der Waals surface area contributed by atoms with Crippen LogP contribution in [-0.2, 0) is 10.8 Å². The van der Waals surface area contributed by atoms with Crippen LogP contribution in [0.15, 0.2) is 152 Å². The molecule has 0 atom stereocenters. The van der Waals surface area contributed by atoms with Gasteiger partial charge in [-0.1, -0.05) is 128 Å². The summed E-state index contributed by atoms with van der Waals surface area (Å²) in [4.78, 5) is 2.60. The van der Waals surface area contributed by atoms with Crippen molar-refractivity contribution in [2.75, 3.05) is 4.90 Å². The van der Waals surface area contributed by atoms with Gasteiger partial charge in [-0.2, -0.15) is 0 Å². The van der Waals surface area contributed by atoms with Crippen LogP contribution in [0.1, 0.15) is 80.0 Å². The number of benzene rings is 7. The van der Waals surface area contributed by atoms with Gasteiger partial charge in [0.2, 0.25) is 0 Å². The lowest BCUT2D eigenvalue weighted by Crippen LogP contribution is -2.55. The second-order valence-electron chi connectivity index (χ2n) is 18.4. The second kappa shape index (κ2) is 11.6. The van der Waals surface area contributed by atoms with Gasteiger partial charge in [0.15, 0.2) is 0 Å². The quantitative estimate of drug-likeness (QED) is 0.175. The standard InChI is InChI=1S/C55H47N/c1-2-12-44-37(10-1)11-9-15-45(44)38-18-20-41(21-19-38)56(42-22-24-48-46-13-3-5-16-50(46)54(52(48)33-42)26-7-8-27-54)43-23-25-49-47-14-4-6-17-51(47)55(53(49)34-43)39-29-35-28-36(31-39)32-40(55)30-35/h1-6,9-25,33-36,39-40H,7-8,26-32H2. The van der Waals surface area contributed by atoms with Crippen LogP contribution >= 0.6 is 0 Å². The molecule has 7 aromatic carbocycles. The number of fused-ring (bicyclic) bond motifs is 9. The highest BCUT2D eigenvalue weighted by Crippen LogP contribution is 2.69. The molecule has 0 amide bonds. The Kier molecular flexibility index (Phi) is 6.57. The van der Waals surface area contributed by atoms with Crippen LogP contribution < -0.4 is 4.90 Å². The first-order chi connectivity index (χ1) is 27.7. The molecule has 7 aliphatic carbocycles. The van der Waals surface area contributed by atoms with Crippen LogP contribution in [0.2, 0.25) is 0 Å². The molecule has 1 heteroatoms. The molecule has 0 heterocycles. The highest BCUT2D eigenvalue weighted by Gasteiger charge is 2.61. The number of anilines is 3. The van der Waals surface area contributed by atoms with Gasteiger partial charge in [-0.15, -0.1) is 0 Å². The molecule has 0 unspecified atom stereocenters. The number of hydrogen-bond donors (Lipinski definition) is 0. The first-order valence-electron chi connectivity index (χ1n) is 21.6. The van der Waals surface area contributed by atoms with E-state index >= 15 is 0 Å². The monoisotopic (exact) mass is 721 g/mol. The van der Waals surface area contributed by atoms with Crippen molar-refractivity contribution in [1.82, 2.24) is 0 Å². The average Bonchev–Trinajstić information content (AvgIpc) is 3.93. The van der Waals surface area contributed by atoms with Crippen molar-refractivity contribution < 1.29 is 0 Å². The summed E-state index contributed by atoms with van der Waals surface area (Å²) < 4.78 is 0. The summed E-state index contributed by atoms with van der Waals surface area (Å²) in [5.41, 5.74) is 18.8. The van der Waals surface area contributed by atoms with E-state index in [1.54, 1.807) is 16.7 Å². The van der Waals surface area contributed by atoms with E-state index in [2.05, 4.69) is 157 Å². The minimum Gasteiger partial charge on any atom is -0.310 e. The van der Waals surface area contributed by atoms with Gasteiger partial charge in [-0.3, -0.25) is 0 Å². The van der Waals surface area contributed by atoms with Crippen molar-refractivity contribution in [2.24, 2.45) is 23.7 Å². The lowest BCUT2D eigenvalue weighted by molar-refractivity contribution is -0.0399. The first-order valence-corrected chi connectivity index (χ1v) is 21.6. The van der Waals surface area contributed by atoms with E-state index in [4.69, 9.17) is 0 Å². The van der Waals surface area contributed by atoms with Crippen LogP contribution in [-0.4, -0.2) is 0 Å². The molecule has 2 spiro atoms. The number of rotatable bonds is 4. The average molecular weight is 722 g/mol. The Morgan fingerprint density at radius 2 is 0.946 bits per heavy atom. The van der Waals surface area contributed by atoms with Gasteiger partial charge in [0.05, 0.1) is 0 Å². The fourth-order valence-electron chi connectivity index (χ4n) is 14.1.